The van der Waals surface area contributed by atoms with Crippen molar-refractivity contribution in [1.29, 1.82) is 0 Å². The summed E-state index contributed by atoms with van der Waals surface area (Å²) in [6.45, 7) is 0.505. The van der Waals surface area contributed by atoms with Gasteiger partial charge in [-0.05, 0) is 67.8 Å². The molecule has 0 radical (unpaired) electrons. The van der Waals surface area contributed by atoms with Crippen LogP contribution < -0.4 is 10.6 Å². The number of ketones is 1. The molecule has 0 aromatic heterocycles. The number of halogens is 4. The van der Waals surface area contributed by atoms with Crippen molar-refractivity contribution in [2.45, 2.75) is 0 Å². The zero-order chi connectivity index (χ0) is 16.9. The number of Topliss-reactive ketones (excluding diaryl/α,β-unsaturated/α-hetero) is 1. The Balaban J connectivity index is 3.53. The standard InChI is InChI=1S/C13H14BrI3N2O3/c1-18-12-10(16)7(6(20)5-22-2)9(15)8(11(12)17)13(21)19-4-3-14/h18H,3-5H2,1-2H3,(H,19,21). The Morgan fingerprint density at radius 3 is 2.23 bits per heavy atom. The maximum absolute atomic E-state index is 12.4. The van der Waals surface area contributed by atoms with Crippen molar-refractivity contribution in [3.05, 3.63) is 21.8 Å². The number of alkyl halides is 1. The van der Waals surface area contributed by atoms with Crippen LogP contribution in [0, 0.1) is 10.7 Å². The van der Waals surface area contributed by atoms with Crippen molar-refractivity contribution in [1.82, 2.24) is 5.32 Å². The van der Waals surface area contributed by atoms with Crippen LogP contribution in [0.5, 0.6) is 0 Å². The molecule has 1 amide bonds. The van der Waals surface area contributed by atoms with Crippen LogP contribution >= 0.6 is 83.7 Å². The topological polar surface area (TPSA) is 67.4 Å². The fraction of sp³-hybridized carbons (Fsp3) is 0.385. The fourth-order valence-corrected chi connectivity index (χ4v) is 6.78. The Hall–Kier alpha value is 0.790. The molecule has 1 aromatic rings. The highest BCUT2D eigenvalue weighted by molar-refractivity contribution is 14.1. The summed E-state index contributed by atoms with van der Waals surface area (Å²) in [6.07, 6.45) is 0. The molecule has 5 nitrogen and oxygen atoms in total. The molecule has 0 bridgehead atoms. The smallest absolute Gasteiger partial charge is 0.253 e. The number of rotatable bonds is 7. The van der Waals surface area contributed by atoms with Gasteiger partial charge >= 0.3 is 0 Å². The van der Waals surface area contributed by atoms with E-state index in [-0.39, 0.29) is 18.3 Å². The minimum Gasteiger partial charge on any atom is -0.386 e. The van der Waals surface area contributed by atoms with E-state index in [1.54, 1.807) is 7.05 Å². The SMILES string of the molecule is CNc1c(I)c(C(=O)COC)c(I)c(C(=O)NCCBr)c1I. The molecule has 9 heteroatoms. The van der Waals surface area contributed by atoms with Gasteiger partial charge in [0.1, 0.15) is 6.61 Å². The van der Waals surface area contributed by atoms with Crippen LogP contribution in [0.1, 0.15) is 20.7 Å². The van der Waals surface area contributed by atoms with Crippen molar-refractivity contribution in [2.24, 2.45) is 0 Å². The quantitative estimate of drug-likeness (QED) is 0.259. The van der Waals surface area contributed by atoms with Crippen molar-refractivity contribution in [3.63, 3.8) is 0 Å². The summed E-state index contributed by atoms with van der Waals surface area (Å²) in [7, 11) is 3.25. The van der Waals surface area contributed by atoms with Crippen molar-refractivity contribution < 1.29 is 14.3 Å². The molecule has 0 fully saturated rings. The first kappa shape index (κ1) is 20.8. The Morgan fingerprint density at radius 1 is 1.14 bits per heavy atom. The van der Waals surface area contributed by atoms with Crippen molar-refractivity contribution >= 4 is 101 Å². The van der Waals surface area contributed by atoms with Gasteiger partial charge in [-0.3, -0.25) is 9.59 Å². The molecule has 1 rings (SSSR count). The summed E-state index contributed by atoms with van der Waals surface area (Å²) >= 11 is 9.61. The van der Waals surface area contributed by atoms with Gasteiger partial charge in [0.25, 0.3) is 5.91 Å². The highest BCUT2D eigenvalue weighted by atomic mass is 127. The van der Waals surface area contributed by atoms with Gasteiger partial charge < -0.3 is 15.4 Å². The number of hydrogen-bond acceptors (Lipinski definition) is 4. The molecule has 0 saturated carbocycles. The molecule has 0 aliphatic heterocycles. The zero-order valence-electron chi connectivity index (χ0n) is 11.9. The molecule has 0 atom stereocenters. The van der Waals surface area contributed by atoms with Crippen molar-refractivity contribution in [2.75, 3.05) is 38.0 Å². The number of anilines is 1. The maximum atomic E-state index is 12.4. The van der Waals surface area contributed by atoms with Crippen LogP contribution in [0.4, 0.5) is 5.69 Å². The van der Waals surface area contributed by atoms with Crippen molar-refractivity contribution in [3.8, 4) is 0 Å². The van der Waals surface area contributed by atoms with E-state index in [9.17, 15) is 9.59 Å². The third kappa shape index (κ3) is 4.66. The number of benzene rings is 1. The van der Waals surface area contributed by atoms with Gasteiger partial charge in [0.05, 0.1) is 14.8 Å². The van der Waals surface area contributed by atoms with Crippen LogP contribution in [0.3, 0.4) is 0 Å². The predicted octanol–water partition coefficient (Wildman–Crippen LogP) is 3.50. The highest BCUT2D eigenvalue weighted by Crippen LogP contribution is 2.35. The third-order valence-electron chi connectivity index (χ3n) is 2.73. The van der Waals surface area contributed by atoms with E-state index in [1.165, 1.54) is 7.11 Å². The van der Waals surface area contributed by atoms with E-state index in [4.69, 9.17) is 4.74 Å². The normalized spacial score (nSPS) is 10.5. The Morgan fingerprint density at radius 2 is 1.73 bits per heavy atom. The fourth-order valence-electron chi connectivity index (χ4n) is 1.78. The van der Waals surface area contributed by atoms with E-state index in [0.717, 1.165) is 12.8 Å². The molecule has 2 N–H and O–H groups in total. The van der Waals surface area contributed by atoms with Crippen LogP contribution in [0.15, 0.2) is 0 Å². The number of hydrogen-bond donors (Lipinski definition) is 2. The summed E-state index contributed by atoms with van der Waals surface area (Å²) in [5, 5.41) is 6.58. The number of carbonyl (C=O) groups excluding carboxylic acids is 2. The lowest BCUT2D eigenvalue weighted by molar-refractivity contribution is 0.0846. The second-order valence-electron chi connectivity index (χ2n) is 4.12. The minimum absolute atomic E-state index is 0.0157. The molecule has 0 saturated heterocycles. The summed E-state index contributed by atoms with van der Waals surface area (Å²) in [6, 6.07) is 0. The number of nitrogens with one attached hydrogen (secondary N) is 2. The monoisotopic (exact) mass is 706 g/mol. The van der Waals surface area contributed by atoms with E-state index in [0.29, 0.717) is 26.6 Å². The summed E-state index contributed by atoms with van der Waals surface area (Å²) in [5.41, 5.74) is 1.83. The minimum atomic E-state index is -0.187. The lowest BCUT2D eigenvalue weighted by atomic mass is 10.1. The lowest BCUT2D eigenvalue weighted by Crippen LogP contribution is -2.28. The van der Waals surface area contributed by atoms with Gasteiger partial charge in [-0.25, -0.2) is 0 Å². The molecule has 1 aromatic carbocycles. The first-order valence-electron chi connectivity index (χ1n) is 6.15. The first-order valence-corrected chi connectivity index (χ1v) is 10.5. The largest absolute Gasteiger partial charge is 0.386 e. The van der Waals surface area contributed by atoms with Gasteiger partial charge in [-0.2, -0.15) is 0 Å². The Labute approximate surface area is 178 Å². The van der Waals surface area contributed by atoms with E-state index >= 15 is 0 Å². The average Bonchev–Trinajstić information content (AvgIpc) is 2.45. The third-order valence-corrected chi connectivity index (χ3v) is 6.36. The molecule has 0 aliphatic rings. The van der Waals surface area contributed by atoms with Crippen LogP contribution in [-0.2, 0) is 4.74 Å². The van der Waals surface area contributed by atoms with Gasteiger partial charge in [-0.1, -0.05) is 15.9 Å². The molecule has 0 heterocycles. The van der Waals surface area contributed by atoms with E-state index in [1.807, 2.05) is 0 Å². The van der Waals surface area contributed by atoms with E-state index in [2.05, 4.69) is 94.3 Å². The number of methoxy groups -OCH3 is 1. The second kappa shape index (κ2) is 9.93. The van der Waals surface area contributed by atoms with Gasteiger partial charge in [0.2, 0.25) is 0 Å². The summed E-state index contributed by atoms with van der Waals surface area (Å²) in [5.74, 6) is -0.327. The van der Waals surface area contributed by atoms with Gasteiger partial charge in [0.15, 0.2) is 5.78 Å². The number of amides is 1. The first-order chi connectivity index (χ1) is 10.4. The molecular formula is C13H14BrI3N2O3. The Kier molecular flexibility index (Phi) is 9.41. The van der Waals surface area contributed by atoms with Crippen LogP contribution in [-0.4, -0.2) is 44.3 Å². The van der Waals surface area contributed by atoms with Crippen LogP contribution in [0.2, 0.25) is 0 Å². The summed E-state index contributed by atoms with van der Waals surface area (Å²) in [4.78, 5) is 24.8. The zero-order valence-corrected chi connectivity index (χ0v) is 19.9. The lowest BCUT2D eigenvalue weighted by Gasteiger charge is -2.18. The predicted molar refractivity (Wildman–Crippen MR) is 116 cm³/mol. The van der Waals surface area contributed by atoms with Gasteiger partial charge in [0, 0.05) is 38.7 Å². The maximum Gasteiger partial charge on any atom is 0.253 e. The second-order valence-corrected chi connectivity index (χ2v) is 8.15. The molecule has 0 aliphatic carbocycles. The van der Waals surface area contributed by atoms with Crippen LogP contribution in [0.25, 0.3) is 0 Å². The number of ether oxygens (including phenoxy) is 1. The summed E-state index contributed by atoms with van der Waals surface area (Å²) < 4.78 is 7.20. The molecule has 0 unspecified atom stereocenters. The average molecular weight is 707 g/mol. The highest BCUT2D eigenvalue weighted by Gasteiger charge is 2.27. The number of carbonyl (C=O) groups is 2. The van der Waals surface area contributed by atoms with E-state index < -0.39 is 0 Å². The molecule has 0 spiro atoms. The Bertz CT molecular complexity index is 597. The molecular weight excluding hydrogens is 693 g/mol. The van der Waals surface area contributed by atoms with Gasteiger partial charge in [-0.15, -0.1) is 0 Å². The molecule has 122 valence electrons. The molecule has 22 heavy (non-hydrogen) atoms.